The Hall–Kier alpha value is -1.57. The fourth-order valence-corrected chi connectivity index (χ4v) is 2.67. The third-order valence-electron chi connectivity index (χ3n) is 4.22. The molecule has 0 spiro atoms. The fourth-order valence-electron chi connectivity index (χ4n) is 2.67. The molecule has 1 aromatic heterocycles. The maximum Gasteiger partial charge on any atom is 0.404 e. The lowest BCUT2D eigenvalue weighted by atomic mass is 9.85. The molecular weight excluding hydrogens is 285 g/mol. The van der Waals surface area contributed by atoms with E-state index in [4.69, 9.17) is 0 Å². The van der Waals surface area contributed by atoms with Gasteiger partial charge in [0.25, 0.3) is 0 Å². The zero-order chi connectivity index (χ0) is 15.8. The Bertz CT molecular complexity index is 544. The summed E-state index contributed by atoms with van der Waals surface area (Å²) in [5, 5.41) is 9.24. The molecular formula is C13H19F3N4O. The number of halogens is 3. The van der Waals surface area contributed by atoms with E-state index in [-0.39, 0.29) is 26.1 Å². The van der Waals surface area contributed by atoms with Gasteiger partial charge in [0.15, 0.2) is 5.41 Å². The number of nitrogens with zero attached hydrogens (tertiary/aromatic N) is 2. The van der Waals surface area contributed by atoms with Gasteiger partial charge in [-0.15, -0.1) is 0 Å². The second-order valence-corrected chi connectivity index (χ2v) is 5.46. The first kappa shape index (κ1) is 15.8. The molecule has 2 heterocycles. The van der Waals surface area contributed by atoms with Crippen molar-refractivity contribution in [2.75, 3.05) is 13.1 Å². The molecule has 1 saturated heterocycles. The highest BCUT2D eigenvalue weighted by Gasteiger charge is 2.61. The van der Waals surface area contributed by atoms with Gasteiger partial charge in [-0.1, -0.05) is 0 Å². The van der Waals surface area contributed by atoms with Crippen molar-refractivity contribution < 1.29 is 18.0 Å². The van der Waals surface area contributed by atoms with E-state index in [9.17, 15) is 18.0 Å². The van der Waals surface area contributed by atoms with Crippen LogP contribution in [0.25, 0.3) is 0 Å². The van der Waals surface area contributed by atoms with Crippen molar-refractivity contribution in [3.63, 3.8) is 0 Å². The lowest BCUT2D eigenvalue weighted by molar-refractivity contribution is -0.216. The zero-order valence-corrected chi connectivity index (χ0v) is 12.3. The van der Waals surface area contributed by atoms with E-state index in [1.165, 1.54) is 0 Å². The first-order chi connectivity index (χ1) is 9.69. The molecule has 8 heteroatoms. The molecule has 1 fully saturated rings. The standard InChI is InChI=1S/C13H19F3N4O/c1-8-10(9(2)20(3)19-8)6-18-11(21)12(13(14,15)16)4-5-17-7-12/h17H,4-7H2,1-3H3,(H,18,21). The molecule has 118 valence electrons. The maximum absolute atomic E-state index is 13.2. The van der Waals surface area contributed by atoms with Gasteiger partial charge in [0.2, 0.25) is 5.91 Å². The molecule has 21 heavy (non-hydrogen) atoms. The number of hydrogen-bond donors (Lipinski definition) is 2. The SMILES string of the molecule is Cc1nn(C)c(C)c1CNC(=O)C1(C(F)(F)F)CCNC1. The van der Waals surface area contributed by atoms with Crippen LogP contribution in [0.4, 0.5) is 13.2 Å². The van der Waals surface area contributed by atoms with Crippen LogP contribution in [-0.4, -0.2) is 35.0 Å². The first-order valence-corrected chi connectivity index (χ1v) is 6.74. The Balaban J connectivity index is 2.14. The molecule has 0 bridgehead atoms. The molecule has 0 radical (unpaired) electrons. The number of carbonyl (C=O) groups excluding carboxylic acids is 1. The minimum Gasteiger partial charge on any atom is -0.351 e. The van der Waals surface area contributed by atoms with Crippen molar-refractivity contribution in [1.82, 2.24) is 20.4 Å². The van der Waals surface area contributed by atoms with E-state index in [0.717, 1.165) is 11.3 Å². The minimum atomic E-state index is -4.56. The van der Waals surface area contributed by atoms with Crippen molar-refractivity contribution in [3.05, 3.63) is 17.0 Å². The van der Waals surface area contributed by atoms with Crippen LogP contribution in [0.5, 0.6) is 0 Å². The quantitative estimate of drug-likeness (QED) is 0.882. The molecule has 1 aromatic rings. The van der Waals surface area contributed by atoms with Crippen molar-refractivity contribution in [2.45, 2.75) is 33.0 Å². The topological polar surface area (TPSA) is 59.0 Å². The second-order valence-electron chi connectivity index (χ2n) is 5.46. The summed E-state index contributed by atoms with van der Waals surface area (Å²) in [6.45, 7) is 3.47. The summed E-state index contributed by atoms with van der Waals surface area (Å²) in [6, 6.07) is 0. The summed E-state index contributed by atoms with van der Waals surface area (Å²) in [5.74, 6) is -0.970. The van der Waals surface area contributed by atoms with Crippen molar-refractivity contribution in [3.8, 4) is 0 Å². The molecule has 1 aliphatic heterocycles. The average molecular weight is 304 g/mol. The Kier molecular flexibility index (Phi) is 4.01. The van der Waals surface area contributed by atoms with Crippen LogP contribution in [0.1, 0.15) is 23.4 Å². The van der Waals surface area contributed by atoms with Gasteiger partial charge in [0, 0.05) is 31.4 Å². The van der Waals surface area contributed by atoms with Gasteiger partial charge in [-0.05, 0) is 26.8 Å². The van der Waals surface area contributed by atoms with E-state index in [2.05, 4.69) is 15.7 Å². The van der Waals surface area contributed by atoms with Crippen LogP contribution in [0.3, 0.4) is 0 Å². The van der Waals surface area contributed by atoms with Crippen LogP contribution >= 0.6 is 0 Å². The number of amides is 1. The van der Waals surface area contributed by atoms with Crippen molar-refractivity contribution >= 4 is 5.91 Å². The number of alkyl halides is 3. The monoisotopic (exact) mass is 304 g/mol. The first-order valence-electron chi connectivity index (χ1n) is 6.74. The highest BCUT2D eigenvalue weighted by molar-refractivity contribution is 5.84. The molecule has 2 N–H and O–H groups in total. The summed E-state index contributed by atoms with van der Waals surface area (Å²) in [6.07, 6.45) is -4.78. The van der Waals surface area contributed by atoms with Crippen LogP contribution in [0.2, 0.25) is 0 Å². The largest absolute Gasteiger partial charge is 0.404 e. The normalized spacial score (nSPS) is 22.6. The van der Waals surface area contributed by atoms with Crippen LogP contribution < -0.4 is 10.6 Å². The van der Waals surface area contributed by atoms with Gasteiger partial charge in [0.1, 0.15) is 0 Å². The molecule has 1 amide bonds. The lowest BCUT2D eigenvalue weighted by Gasteiger charge is -2.29. The summed E-state index contributed by atoms with van der Waals surface area (Å²) < 4.78 is 41.4. The predicted molar refractivity (Wildman–Crippen MR) is 70.5 cm³/mol. The predicted octanol–water partition coefficient (Wildman–Crippen LogP) is 1.20. The van der Waals surface area contributed by atoms with Gasteiger partial charge in [-0.2, -0.15) is 18.3 Å². The Morgan fingerprint density at radius 1 is 1.48 bits per heavy atom. The molecule has 0 aliphatic carbocycles. The van der Waals surface area contributed by atoms with Gasteiger partial charge in [-0.25, -0.2) is 0 Å². The highest BCUT2D eigenvalue weighted by Crippen LogP contribution is 2.43. The second kappa shape index (κ2) is 5.32. The molecule has 1 atom stereocenters. The van der Waals surface area contributed by atoms with E-state index in [0.29, 0.717) is 5.69 Å². The van der Waals surface area contributed by atoms with Gasteiger partial charge < -0.3 is 10.6 Å². The van der Waals surface area contributed by atoms with Crippen LogP contribution in [0, 0.1) is 19.3 Å². The highest BCUT2D eigenvalue weighted by atomic mass is 19.4. The zero-order valence-electron chi connectivity index (χ0n) is 12.3. The van der Waals surface area contributed by atoms with Gasteiger partial charge in [0.05, 0.1) is 5.69 Å². The number of aromatic nitrogens is 2. The number of carbonyl (C=O) groups is 1. The van der Waals surface area contributed by atoms with Gasteiger partial charge in [-0.3, -0.25) is 9.48 Å². The smallest absolute Gasteiger partial charge is 0.351 e. The fraction of sp³-hybridized carbons (Fsp3) is 0.692. The summed E-state index contributed by atoms with van der Waals surface area (Å²) >= 11 is 0. The summed E-state index contributed by atoms with van der Waals surface area (Å²) in [7, 11) is 1.76. The van der Waals surface area contributed by atoms with Crippen molar-refractivity contribution in [2.24, 2.45) is 12.5 Å². The molecule has 1 unspecified atom stereocenters. The molecule has 0 saturated carbocycles. The van der Waals surface area contributed by atoms with E-state index >= 15 is 0 Å². The number of hydrogen-bond acceptors (Lipinski definition) is 3. The average Bonchev–Trinajstić information content (AvgIpc) is 2.95. The molecule has 5 nitrogen and oxygen atoms in total. The Morgan fingerprint density at radius 2 is 2.14 bits per heavy atom. The van der Waals surface area contributed by atoms with Crippen LogP contribution in [-0.2, 0) is 18.4 Å². The van der Waals surface area contributed by atoms with Crippen LogP contribution in [0.15, 0.2) is 0 Å². The maximum atomic E-state index is 13.2. The van der Waals surface area contributed by atoms with E-state index in [1.54, 1.807) is 18.7 Å². The van der Waals surface area contributed by atoms with E-state index < -0.39 is 17.5 Å². The van der Waals surface area contributed by atoms with E-state index in [1.807, 2.05) is 6.92 Å². The number of nitrogens with one attached hydrogen (secondary N) is 2. The molecule has 0 aromatic carbocycles. The minimum absolute atomic E-state index is 0.0577. The Labute approximate surface area is 120 Å². The third-order valence-corrected chi connectivity index (χ3v) is 4.22. The van der Waals surface area contributed by atoms with Crippen molar-refractivity contribution in [1.29, 1.82) is 0 Å². The lowest BCUT2D eigenvalue weighted by Crippen LogP contribution is -2.52. The number of rotatable bonds is 3. The molecule has 2 rings (SSSR count). The van der Waals surface area contributed by atoms with Gasteiger partial charge >= 0.3 is 6.18 Å². The number of aryl methyl sites for hydroxylation is 2. The molecule has 1 aliphatic rings. The third kappa shape index (κ3) is 2.64. The Morgan fingerprint density at radius 3 is 2.57 bits per heavy atom. The summed E-state index contributed by atoms with van der Waals surface area (Å²) in [4.78, 5) is 12.1. The summed E-state index contributed by atoms with van der Waals surface area (Å²) in [5.41, 5.74) is -0.0229.